The van der Waals surface area contributed by atoms with Crippen LogP contribution in [0.15, 0.2) is 54.6 Å². The normalized spacial score (nSPS) is 19.8. The number of hydrogen-bond acceptors (Lipinski definition) is 4. The summed E-state index contributed by atoms with van der Waals surface area (Å²) in [6, 6.07) is 16.3. The predicted molar refractivity (Wildman–Crippen MR) is 107 cm³/mol. The number of nitrogens with one attached hydrogen (secondary N) is 1. The van der Waals surface area contributed by atoms with Gasteiger partial charge in [0, 0.05) is 5.69 Å². The number of carboxylic acids is 1. The smallest absolute Gasteiger partial charge is 0.331 e. The topological polar surface area (TPSA) is 72.9 Å². The number of benzene rings is 2. The van der Waals surface area contributed by atoms with Crippen molar-refractivity contribution in [3.05, 3.63) is 65.7 Å². The number of hydrogen-bond donors (Lipinski definition) is 2. The molecule has 2 N–H and O–H groups in total. The molecule has 2 heterocycles. The quantitative estimate of drug-likeness (QED) is 0.854. The summed E-state index contributed by atoms with van der Waals surface area (Å²) in [6.45, 7) is 3.68. The second-order valence-electron chi connectivity index (χ2n) is 7.62. The zero-order valence-electron chi connectivity index (χ0n) is 16.0. The zero-order valence-corrected chi connectivity index (χ0v) is 16.0. The van der Waals surface area contributed by atoms with Crippen molar-refractivity contribution in [1.82, 2.24) is 10.2 Å². The molecule has 2 aromatic carbocycles. The van der Waals surface area contributed by atoms with Gasteiger partial charge in [0.1, 0.15) is 5.54 Å². The van der Waals surface area contributed by atoms with Crippen LogP contribution in [0.3, 0.4) is 0 Å². The van der Waals surface area contributed by atoms with Gasteiger partial charge in [-0.15, -0.1) is 0 Å². The van der Waals surface area contributed by atoms with Gasteiger partial charge in [0.25, 0.3) is 5.91 Å². The van der Waals surface area contributed by atoms with Gasteiger partial charge in [-0.2, -0.15) is 0 Å². The minimum Gasteiger partial charge on any atom is -0.479 e. The van der Waals surface area contributed by atoms with Crippen LogP contribution in [0.5, 0.6) is 0 Å². The molecule has 6 heteroatoms. The first-order chi connectivity index (χ1) is 13.5. The number of nitrogens with zero attached hydrogens (tertiary/aromatic N) is 2. The molecule has 0 aromatic heterocycles. The molecule has 2 fully saturated rings. The molecule has 0 aliphatic carbocycles. The fourth-order valence-corrected chi connectivity index (χ4v) is 4.49. The van der Waals surface area contributed by atoms with E-state index in [4.69, 9.17) is 0 Å². The molecule has 0 saturated carbocycles. The minimum absolute atomic E-state index is 0.0910. The fraction of sp³-hybridized carbons (Fsp3) is 0.364. The third-order valence-corrected chi connectivity index (χ3v) is 5.87. The van der Waals surface area contributed by atoms with E-state index in [1.54, 1.807) is 6.07 Å². The Balaban J connectivity index is 1.77. The molecule has 0 radical (unpaired) electrons. The van der Waals surface area contributed by atoms with Crippen LogP contribution < -0.4 is 10.2 Å². The van der Waals surface area contributed by atoms with Gasteiger partial charge in [-0.25, -0.2) is 4.79 Å². The van der Waals surface area contributed by atoms with Gasteiger partial charge < -0.3 is 20.2 Å². The second-order valence-corrected chi connectivity index (χ2v) is 7.62. The Morgan fingerprint density at radius 1 is 1.11 bits per heavy atom. The highest BCUT2D eigenvalue weighted by molar-refractivity contribution is 5.96. The van der Waals surface area contributed by atoms with E-state index >= 15 is 0 Å². The lowest BCUT2D eigenvalue weighted by Crippen LogP contribution is -2.55. The first-order valence-corrected chi connectivity index (χ1v) is 9.67. The fourth-order valence-electron chi connectivity index (χ4n) is 4.49. The van der Waals surface area contributed by atoms with Gasteiger partial charge in [-0.1, -0.05) is 48.0 Å². The lowest BCUT2D eigenvalue weighted by molar-refractivity contribution is -0.150. The van der Waals surface area contributed by atoms with Crippen LogP contribution in [-0.2, 0) is 9.59 Å². The van der Waals surface area contributed by atoms with Gasteiger partial charge in [0.2, 0.25) is 0 Å². The van der Waals surface area contributed by atoms with Crippen molar-refractivity contribution in [2.24, 2.45) is 0 Å². The molecule has 1 unspecified atom stereocenters. The van der Waals surface area contributed by atoms with Crippen molar-refractivity contribution in [1.29, 1.82) is 0 Å². The van der Waals surface area contributed by atoms with E-state index in [1.807, 2.05) is 55.5 Å². The predicted octanol–water partition coefficient (Wildman–Crippen LogP) is 2.55. The number of aliphatic carboxylic acids is 1. The molecule has 28 heavy (non-hydrogen) atoms. The van der Waals surface area contributed by atoms with Crippen LogP contribution in [0.4, 0.5) is 5.69 Å². The van der Waals surface area contributed by atoms with E-state index in [2.05, 4.69) is 10.2 Å². The minimum atomic E-state index is -1.00. The number of para-hydroxylation sites is 1. The van der Waals surface area contributed by atoms with E-state index in [9.17, 15) is 14.7 Å². The van der Waals surface area contributed by atoms with Crippen molar-refractivity contribution in [3.63, 3.8) is 0 Å². The van der Waals surface area contributed by atoms with Gasteiger partial charge in [0.05, 0.1) is 6.67 Å². The molecule has 1 amide bonds. The number of carbonyl (C=O) groups excluding carboxylic acids is 1. The average molecular weight is 379 g/mol. The highest BCUT2D eigenvalue weighted by Crippen LogP contribution is 2.41. The van der Waals surface area contributed by atoms with Gasteiger partial charge >= 0.3 is 5.97 Å². The van der Waals surface area contributed by atoms with E-state index in [1.165, 1.54) is 4.90 Å². The van der Waals surface area contributed by atoms with Gasteiger partial charge in [-0.3, -0.25) is 4.79 Å². The molecule has 1 spiro atoms. The van der Waals surface area contributed by atoms with Gasteiger partial charge in [0.15, 0.2) is 6.04 Å². The third kappa shape index (κ3) is 3.03. The second kappa shape index (κ2) is 7.28. The highest BCUT2D eigenvalue weighted by atomic mass is 16.4. The number of piperidine rings is 1. The molecule has 2 aliphatic rings. The summed E-state index contributed by atoms with van der Waals surface area (Å²) < 4.78 is 0. The third-order valence-electron chi connectivity index (χ3n) is 5.87. The number of anilines is 1. The Bertz CT molecular complexity index is 878. The van der Waals surface area contributed by atoms with E-state index in [0.29, 0.717) is 18.4 Å². The summed E-state index contributed by atoms with van der Waals surface area (Å²) in [6.07, 6.45) is 1.33. The Morgan fingerprint density at radius 2 is 1.82 bits per heavy atom. The molecule has 0 bridgehead atoms. The maximum Gasteiger partial charge on any atom is 0.331 e. The molecule has 2 aromatic rings. The van der Waals surface area contributed by atoms with Crippen molar-refractivity contribution < 1.29 is 14.7 Å². The Hall–Kier alpha value is -2.86. The maximum absolute atomic E-state index is 13.7. The number of carbonyl (C=O) groups is 2. The number of aryl methyl sites for hydroxylation is 1. The first kappa shape index (κ1) is 18.5. The standard InChI is InChI=1S/C22H25N3O3/c1-16-6-5-7-17(14-16)19(20(26)27)24-15-25(18-8-3-2-4-9-18)22(21(24)28)10-12-23-13-11-22/h2-9,14,19,23H,10-13,15H2,1H3,(H,26,27). The van der Waals surface area contributed by atoms with Crippen molar-refractivity contribution in [2.45, 2.75) is 31.3 Å². The van der Waals surface area contributed by atoms with Crippen LogP contribution in [0.2, 0.25) is 0 Å². The van der Waals surface area contributed by atoms with E-state index in [0.717, 1.165) is 24.3 Å². The number of rotatable bonds is 4. The SMILES string of the molecule is Cc1cccc(C(C(=O)O)N2CN(c3ccccc3)C3(CCNCC3)C2=O)c1. The summed E-state index contributed by atoms with van der Waals surface area (Å²) in [4.78, 5) is 29.5. The van der Waals surface area contributed by atoms with Gasteiger partial charge in [-0.05, 0) is 50.6 Å². The first-order valence-electron chi connectivity index (χ1n) is 9.67. The van der Waals surface area contributed by atoms with Crippen molar-refractivity contribution in [2.75, 3.05) is 24.7 Å². The summed E-state index contributed by atoms with van der Waals surface area (Å²) >= 11 is 0. The molecule has 146 valence electrons. The molecular weight excluding hydrogens is 354 g/mol. The summed E-state index contributed by atoms with van der Waals surface area (Å²) in [7, 11) is 0. The Morgan fingerprint density at radius 3 is 2.46 bits per heavy atom. The number of carboxylic acid groups (broad SMARTS) is 1. The van der Waals surface area contributed by atoms with Crippen LogP contribution >= 0.6 is 0 Å². The summed E-state index contributed by atoms with van der Waals surface area (Å²) in [5, 5.41) is 13.3. The van der Waals surface area contributed by atoms with Crippen LogP contribution in [0.1, 0.15) is 30.0 Å². The maximum atomic E-state index is 13.7. The molecule has 4 rings (SSSR count). The van der Waals surface area contributed by atoms with E-state index in [-0.39, 0.29) is 12.6 Å². The highest BCUT2D eigenvalue weighted by Gasteiger charge is 2.55. The zero-order chi connectivity index (χ0) is 19.7. The van der Waals surface area contributed by atoms with Crippen LogP contribution in [-0.4, -0.2) is 47.2 Å². The molecule has 6 nitrogen and oxygen atoms in total. The largest absolute Gasteiger partial charge is 0.479 e. The molecule has 2 aliphatic heterocycles. The Labute approximate surface area is 164 Å². The average Bonchev–Trinajstić information content (AvgIpc) is 2.96. The molecular formula is C22H25N3O3. The number of amides is 1. The van der Waals surface area contributed by atoms with Crippen molar-refractivity contribution in [3.8, 4) is 0 Å². The van der Waals surface area contributed by atoms with Crippen LogP contribution in [0.25, 0.3) is 0 Å². The van der Waals surface area contributed by atoms with Crippen molar-refractivity contribution >= 4 is 17.6 Å². The summed E-state index contributed by atoms with van der Waals surface area (Å²) in [5.74, 6) is -1.09. The molecule has 2 saturated heterocycles. The molecule has 1 atom stereocenters. The van der Waals surface area contributed by atoms with E-state index < -0.39 is 17.6 Å². The monoisotopic (exact) mass is 379 g/mol. The van der Waals surface area contributed by atoms with Crippen LogP contribution in [0, 0.1) is 6.92 Å². The Kier molecular flexibility index (Phi) is 4.81. The lowest BCUT2D eigenvalue weighted by atomic mass is 9.86. The lowest BCUT2D eigenvalue weighted by Gasteiger charge is -2.40. The summed E-state index contributed by atoms with van der Waals surface area (Å²) in [5.41, 5.74) is 1.88.